The smallest absolute Gasteiger partial charge is 0.337 e. The summed E-state index contributed by atoms with van der Waals surface area (Å²) in [5, 5.41) is 5.68. The number of alkyl halides is 2. The second-order valence-corrected chi connectivity index (χ2v) is 9.74. The number of rotatable bonds is 9. The van der Waals surface area contributed by atoms with Crippen molar-refractivity contribution in [3.05, 3.63) is 82.9 Å². The maximum absolute atomic E-state index is 14.3. The molecule has 1 fully saturated rings. The van der Waals surface area contributed by atoms with Crippen molar-refractivity contribution in [3.8, 4) is 11.5 Å². The van der Waals surface area contributed by atoms with Gasteiger partial charge in [-0.3, -0.25) is 4.79 Å². The van der Waals surface area contributed by atoms with Crippen LogP contribution in [-0.4, -0.2) is 62.1 Å². The van der Waals surface area contributed by atoms with Crippen LogP contribution in [0.15, 0.2) is 66.7 Å². The Bertz CT molecular complexity index is 1420. The molecule has 4 rings (SSSR count). The van der Waals surface area contributed by atoms with E-state index in [0.29, 0.717) is 33.3 Å². The molecule has 3 aromatic carbocycles. The summed E-state index contributed by atoms with van der Waals surface area (Å²) in [5.74, 6) is -3.42. The van der Waals surface area contributed by atoms with Crippen LogP contribution >= 0.6 is 11.6 Å². The molecule has 1 aliphatic rings. The van der Waals surface area contributed by atoms with Gasteiger partial charge < -0.3 is 29.7 Å². The summed E-state index contributed by atoms with van der Waals surface area (Å²) in [6, 6.07) is 16.1. The van der Waals surface area contributed by atoms with E-state index >= 15 is 0 Å². The second-order valence-electron chi connectivity index (χ2n) is 9.33. The van der Waals surface area contributed by atoms with E-state index in [1.807, 2.05) is 0 Å². The Labute approximate surface area is 240 Å². The first kappa shape index (κ1) is 29.6. The molecule has 0 aliphatic carbocycles. The third kappa shape index (κ3) is 7.63. The molecule has 0 aromatic heterocycles. The number of methoxy groups -OCH3 is 2. The Morgan fingerprint density at radius 3 is 2.39 bits per heavy atom. The minimum atomic E-state index is -3.06. The van der Waals surface area contributed by atoms with E-state index in [0.717, 1.165) is 4.90 Å². The van der Waals surface area contributed by atoms with E-state index in [2.05, 4.69) is 15.4 Å². The zero-order valence-electron chi connectivity index (χ0n) is 22.3. The highest BCUT2D eigenvalue weighted by Crippen LogP contribution is 2.34. The Morgan fingerprint density at radius 1 is 1.00 bits per heavy atom. The topological polar surface area (TPSA) is 106 Å². The summed E-state index contributed by atoms with van der Waals surface area (Å²) in [6.07, 6.45) is -0.700. The number of ether oxygens (including phenoxy) is 3. The number of carbonyl (C=O) groups excluding carboxylic acids is 3. The van der Waals surface area contributed by atoms with Gasteiger partial charge in [-0.2, -0.15) is 0 Å². The largest absolute Gasteiger partial charge is 0.495 e. The second kappa shape index (κ2) is 12.9. The molecule has 0 bridgehead atoms. The van der Waals surface area contributed by atoms with Gasteiger partial charge in [0.25, 0.3) is 5.92 Å². The van der Waals surface area contributed by atoms with E-state index in [-0.39, 0.29) is 18.8 Å². The average Bonchev–Trinajstić information content (AvgIpc) is 3.28. The van der Waals surface area contributed by atoms with E-state index in [4.69, 9.17) is 21.1 Å². The molecule has 0 saturated carbocycles. The number of para-hydroxylation sites is 1. The Kier molecular flexibility index (Phi) is 9.28. The van der Waals surface area contributed by atoms with Crippen molar-refractivity contribution in [3.63, 3.8) is 0 Å². The minimum absolute atomic E-state index is 0.147. The van der Waals surface area contributed by atoms with E-state index in [9.17, 15) is 23.2 Å². The van der Waals surface area contributed by atoms with Crippen LogP contribution in [-0.2, 0) is 16.0 Å². The van der Waals surface area contributed by atoms with Crippen molar-refractivity contribution in [1.82, 2.24) is 4.90 Å². The molecule has 3 amide bonds. The Morgan fingerprint density at radius 2 is 1.71 bits per heavy atom. The number of nitrogens with zero attached hydrogens (tertiary/aromatic N) is 1. The first-order valence-electron chi connectivity index (χ1n) is 12.6. The van der Waals surface area contributed by atoms with Crippen molar-refractivity contribution < 1.29 is 37.4 Å². The van der Waals surface area contributed by atoms with Crippen molar-refractivity contribution in [2.24, 2.45) is 0 Å². The molecular formula is C29H28ClF2N3O6. The molecule has 2 N–H and O–H groups in total. The molecule has 9 nitrogen and oxygen atoms in total. The number of amides is 3. The Balaban J connectivity index is 1.39. The van der Waals surface area contributed by atoms with Crippen LogP contribution in [0.5, 0.6) is 11.5 Å². The van der Waals surface area contributed by atoms with Crippen molar-refractivity contribution in [2.75, 3.05) is 38.0 Å². The number of hydrogen-bond donors (Lipinski definition) is 2. The molecule has 1 unspecified atom stereocenters. The lowest BCUT2D eigenvalue weighted by atomic mass is 10.1. The molecule has 1 saturated heterocycles. The van der Waals surface area contributed by atoms with Crippen molar-refractivity contribution in [2.45, 2.75) is 24.8 Å². The first-order chi connectivity index (χ1) is 19.6. The Hall–Kier alpha value is -4.38. The van der Waals surface area contributed by atoms with Gasteiger partial charge in [-0.1, -0.05) is 29.8 Å². The van der Waals surface area contributed by atoms with Gasteiger partial charge in [0, 0.05) is 6.42 Å². The van der Waals surface area contributed by atoms with E-state index in [1.54, 1.807) is 42.5 Å². The number of carbonyl (C=O) groups is 3. The average molecular weight is 588 g/mol. The molecule has 12 heteroatoms. The quantitative estimate of drug-likeness (QED) is 0.314. The van der Waals surface area contributed by atoms with Gasteiger partial charge in [-0.05, 0) is 54.1 Å². The first-order valence-corrected chi connectivity index (χ1v) is 12.9. The van der Waals surface area contributed by atoms with Gasteiger partial charge in [0.05, 0.1) is 55.2 Å². The predicted octanol–water partition coefficient (Wildman–Crippen LogP) is 5.64. The molecule has 0 spiro atoms. The molecule has 1 atom stereocenters. The summed E-state index contributed by atoms with van der Waals surface area (Å²) < 4.78 is 44.4. The lowest BCUT2D eigenvalue weighted by Crippen LogP contribution is -2.40. The van der Waals surface area contributed by atoms with Gasteiger partial charge in [-0.25, -0.2) is 18.4 Å². The highest BCUT2D eigenvalue weighted by molar-refractivity contribution is 6.33. The number of urea groups is 1. The maximum Gasteiger partial charge on any atom is 0.337 e. The zero-order chi connectivity index (χ0) is 29.6. The highest BCUT2D eigenvalue weighted by Gasteiger charge is 2.47. The van der Waals surface area contributed by atoms with Gasteiger partial charge in [0.2, 0.25) is 5.91 Å². The van der Waals surface area contributed by atoms with Crippen LogP contribution in [0.3, 0.4) is 0 Å². The molecule has 216 valence electrons. The van der Waals surface area contributed by atoms with Crippen LogP contribution in [0.2, 0.25) is 5.02 Å². The third-order valence-electron chi connectivity index (χ3n) is 6.41. The van der Waals surface area contributed by atoms with Crippen LogP contribution in [0.25, 0.3) is 0 Å². The molecule has 3 aromatic rings. The fourth-order valence-corrected chi connectivity index (χ4v) is 4.58. The number of likely N-dealkylation sites (tertiary alicyclic amines) is 1. The number of hydrogen-bond acceptors (Lipinski definition) is 6. The third-order valence-corrected chi connectivity index (χ3v) is 6.74. The standard InChI is InChI=1S/C29H28ClF2N3O6/c1-39-25-13-18(7-12-24(25)34-28(38)33-23-6-4-3-5-22(23)30)14-26(36)35-17-29(31,32)15-20(35)16-41-21-10-8-19(9-11-21)27(37)40-2/h3-13,20H,14-17H2,1-2H3,(H2,33,34,38). The molecule has 41 heavy (non-hydrogen) atoms. The summed E-state index contributed by atoms with van der Waals surface area (Å²) in [5.41, 5.74) is 1.59. The van der Waals surface area contributed by atoms with Crippen LogP contribution in [0.4, 0.5) is 25.0 Å². The number of halogens is 3. The summed E-state index contributed by atoms with van der Waals surface area (Å²) in [7, 11) is 2.67. The number of benzene rings is 3. The number of esters is 1. The van der Waals surface area contributed by atoms with Crippen molar-refractivity contribution in [1.29, 1.82) is 0 Å². The van der Waals surface area contributed by atoms with Gasteiger partial charge in [0.15, 0.2) is 0 Å². The monoisotopic (exact) mass is 587 g/mol. The van der Waals surface area contributed by atoms with Crippen molar-refractivity contribution >= 4 is 40.9 Å². The highest BCUT2D eigenvalue weighted by atomic mass is 35.5. The van der Waals surface area contributed by atoms with E-state index in [1.165, 1.54) is 38.5 Å². The number of nitrogens with one attached hydrogen (secondary N) is 2. The fourth-order valence-electron chi connectivity index (χ4n) is 4.40. The fraction of sp³-hybridized carbons (Fsp3) is 0.276. The summed E-state index contributed by atoms with van der Waals surface area (Å²) >= 11 is 6.08. The minimum Gasteiger partial charge on any atom is -0.495 e. The lowest BCUT2D eigenvalue weighted by Gasteiger charge is -2.24. The summed E-state index contributed by atoms with van der Waals surface area (Å²) in [6.45, 7) is -0.869. The maximum atomic E-state index is 14.3. The van der Waals surface area contributed by atoms with Crippen LogP contribution in [0, 0.1) is 0 Å². The summed E-state index contributed by atoms with van der Waals surface area (Å²) in [4.78, 5) is 38.3. The zero-order valence-corrected chi connectivity index (χ0v) is 23.0. The van der Waals surface area contributed by atoms with Gasteiger partial charge in [0.1, 0.15) is 18.1 Å². The van der Waals surface area contributed by atoms with Crippen LogP contribution in [0.1, 0.15) is 22.3 Å². The lowest BCUT2D eigenvalue weighted by molar-refractivity contribution is -0.133. The molecule has 1 heterocycles. The molecule has 0 radical (unpaired) electrons. The SMILES string of the molecule is COC(=O)c1ccc(OCC2CC(F)(F)CN2C(=O)Cc2ccc(NC(=O)Nc3ccccc3Cl)c(OC)c2)cc1. The molecule has 1 aliphatic heterocycles. The number of anilines is 2. The predicted molar refractivity (Wildman–Crippen MR) is 149 cm³/mol. The molecular weight excluding hydrogens is 560 g/mol. The van der Waals surface area contributed by atoms with Gasteiger partial charge in [-0.15, -0.1) is 0 Å². The van der Waals surface area contributed by atoms with Gasteiger partial charge >= 0.3 is 12.0 Å². The van der Waals surface area contributed by atoms with Crippen LogP contribution < -0.4 is 20.1 Å². The normalized spacial score (nSPS) is 15.6. The van der Waals surface area contributed by atoms with E-state index < -0.39 is 42.8 Å².